The number of hydroxylamine groups is 1. The van der Waals surface area contributed by atoms with Gasteiger partial charge in [-0.1, -0.05) is 40.0 Å². The van der Waals surface area contributed by atoms with Crippen LogP contribution in [0.1, 0.15) is 82.5 Å². The van der Waals surface area contributed by atoms with E-state index in [2.05, 4.69) is 10.6 Å². The molecule has 0 spiro atoms. The second kappa shape index (κ2) is 16.7. The van der Waals surface area contributed by atoms with E-state index in [0.717, 1.165) is 31.4 Å². The molecule has 1 fully saturated rings. The van der Waals surface area contributed by atoms with Crippen molar-refractivity contribution in [3.05, 3.63) is 35.4 Å². The van der Waals surface area contributed by atoms with Crippen LogP contribution < -0.4 is 16.1 Å². The molecule has 0 radical (unpaired) electrons. The van der Waals surface area contributed by atoms with E-state index in [1.807, 2.05) is 13.8 Å². The van der Waals surface area contributed by atoms with Crippen molar-refractivity contribution in [1.82, 2.24) is 25.9 Å². The molecule has 2 unspecified atom stereocenters. The Morgan fingerprint density at radius 1 is 1.07 bits per heavy atom. The van der Waals surface area contributed by atoms with Crippen LogP contribution in [0.5, 0.6) is 0 Å². The van der Waals surface area contributed by atoms with Crippen molar-refractivity contribution in [3.63, 3.8) is 0 Å². The van der Waals surface area contributed by atoms with Gasteiger partial charge in [-0.2, -0.15) is 0 Å². The highest BCUT2D eigenvalue weighted by atomic mass is 19.1. The third-order valence-corrected chi connectivity index (χ3v) is 7.66. The maximum absolute atomic E-state index is 13.6. The number of likely N-dealkylation sites (tertiary alicyclic amines) is 1. The standard InChI is InChI=1S/C29H43F2N5O6/c1-5-7-8-11-24(37)36-14-9-10-23(36)29(41)35(4)25(18(3)6-2)28(40)33-22(27(39)34-42)12-13-32-26(38)19-15-20(30)17-21(31)16-19/h15-18,22-23,25,42H,5-14H2,1-4H3,(H,32,38)(H,33,40)(H,34,39)/t18?,22-,23?,25-/m0/s1. The molecule has 0 aliphatic carbocycles. The van der Waals surface area contributed by atoms with Gasteiger partial charge in [-0.25, -0.2) is 14.3 Å². The molecule has 13 heteroatoms. The summed E-state index contributed by atoms with van der Waals surface area (Å²) in [5.41, 5.74) is 1.22. The van der Waals surface area contributed by atoms with Gasteiger partial charge < -0.3 is 20.4 Å². The first kappa shape index (κ1) is 34.6. The van der Waals surface area contributed by atoms with E-state index in [1.165, 1.54) is 17.4 Å². The molecule has 1 aliphatic rings. The highest BCUT2D eigenvalue weighted by molar-refractivity contribution is 5.95. The number of carbonyl (C=O) groups is 5. The lowest BCUT2D eigenvalue weighted by molar-refractivity contribution is -0.148. The minimum absolute atomic E-state index is 0.0834. The molecule has 1 aromatic carbocycles. The van der Waals surface area contributed by atoms with Crippen LogP contribution in [0, 0.1) is 17.6 Å². The maximum atomic E-state index is 13.6. The molecule has 4 N–H and O–H groups in total. The molecule has 5 amide bonds. The summed E-state index contributed by atoms with van der Waals surface area (Å²) in [6.07, 6.45) is 4.52. The summed E-state index contributed by atoms with van der Waals surface area (Å²) < 4.78 is 26.9. The molecule has 0 bridgehead atoms. The van der Waals surface area contributed by atoms with E-state index < -0.39 is 47.5 Å². The van der Waals surface area contributed by atoms with Crippen LogP contribution >= 0.6 is 0 Å². The van der Waals surface area contributed by atoms with Gasteiger partial charge in [-0.05, 0) is 43.7 Å². The van der Waals surface area contributed by atoms with Crippen LogP contribution in [0.25, 0.3) is 0 Å². The number of nitrogens with zero attached hydrogens (tertiary/aromatic N) is 2. The molecule has 0 saturated carbocycles. The fourth-order valence-electron chi connectivity index (χ4n) is 5.12. The summed E-state index contributed by atoms with van der Waals surface area (Å²) in [5.74, 6) is -5.03. The van der Waals surface area contributed by atoms with Gasteiger partial charge in [0.2, 0.25) is 17.7 Å². The topological polar surface area (TPSA) is 148 Å². The maximum Gasteiger partial charge on any atom is 0.265 e. The Labute approximate surface area is 245 Å². The van der Waals surface area contributed by atoms with E-state index in [-0.39, 0.29) is 36.3 Å². The number of rotatable bonds is 15. The number of unbranched alkanes of at least 4 members (excludes halogenated alkanes) is 2. The monoisotopic (exact) mass is 595 g/mol. The first-order valence-corrected chi connectivity index (χ1v) is 14.5. The molecule has 1 heterocycles. The Kier molecular flexibility index (Phi) is 13.8. The number of hydrogen-bond acceptors (Lipinski definition) is 6. The molecule has 2 rings (SSSR count). The molecular weight excluding hydrogens is 552 g/mol. The Morgan fingerprint density at radius 2 is 1.74 bits per heavy atom. The molecule has 11 nitrogen and oxygen atoms in total. The molecule has 4 atom stereocenters. The van der Waals surface area contributed by atoms with Gasteiger partial charge >= 0.3 is 0 Å². The normalized spacial score (nSPS) is 16.7. The van der Waals surface area contributed by atoms with Gasteiger partial charge in [0, 0.05) is 38.2 Å². The number of likely N-dealkylation sites (N-methyl/N-ethyl adjacent to an activating group) is 1. The third-order valence-electron chi connectivity index (χ3n) is 7.66. The second-order valence-corrected chi connectivity index (χ2v) is 10.7. The predicted molar refractivity (Wildman–Crippen MR) is 150 cm³/mol. The van der Waals surface area contributed by atoms with E-state index in [4.69, 9.17) is 0 Å². The highest BCUT2D eigenvalue weighted by Crippen LogP contribution is 2.24. The van der Waals surface area contributed by atoms with Crippen LogP contribution in [-0.2, 0) is 19.2 Å². The summed E-state index contributed by atoms with van der Waals surface area (Å²) in [6, 6.07) is -0.635. The minimum Gasteiger partial charge on any atom is -0.352 e. The van der Waals surface area contributed by atoms with Gasteiger partial charge in [-0.15, -0.1) is 0 Å². The number of halogens is 2. The number of benzene rings is 1. The number of nitrogens with one attached hydrogen (secondary N) is 3. The first-order valence-electron chi connectivity index (χ1n) is 14.5. The van der Waals surface area contributed by atoms with Gasteiger partial charge in [0.05, 0.1) is 0 Å². The van der Waals surface area contributed by atoms with E-state index in [9.17, 15) is 38.0 Å². The molecular formula is C29H43F2N5O6. The Bertz CT molecular complexity index is 1100. The molecule has 42 heavy (non-hydrogen) atoms. The van der Waals surface area contributed by atoms with Crippen molar-refractivity contribution in [1.29, 1.82) is 0 Å². The van der Waals surface area contributed by atoms with Crippen LogP contribution in [0.2, 0.25) is 0 Å². The van der Waals surface area contributed by atoms with Crippen LogP contribution in [0.3, 0.4) is 0 Å². The lowest BCUT2D eigenvalue weighted by atomic mass is 9.95. The molecule has 1 saturated heterocycles. The third kappa shape index (κ3) is 9.47. The van der Waals surface area contributed by atoms with E-state index >= 15 is 0 Å². The Morgan fingerprint density at radius 3 is 2.33 bits per heavy atom. The zero-order chi connectivity index (χ0) is 31.4. The zero-order valence-corrected chi connectivity index (χ0v) is 24.8. The second-order valence-electron chi connectivity index (χ2n) is 10.7. The number of hydrogen-bond donors (Lipinski definition) is 4. The molecule has 1 aromatic rings. The Hall–Kier alpha value is -3.61. The van der Waals surface area contributed by atoms with Crippen molar-refractivity contribution >= 4 is 29.5 Å². The summed E-state index contributed by atoms with van der Waals surface area (Å²) in [4.78, 5) is 67.5. The number of amides is 5. The fourth-order valence-corrected chi connectivity index (χ4v) is 5.12. The summed E-state index contributed by atoms with van der Waals surface area (Å²) in [6.45, 7) is 5.97. The number of carbonyl (C=O) groups excluding carboxylic acids is 5. The lowest BCUT2D eigenvalue weighted by Gasteiger charge is -2.36. The summed E-state index contributed by atoms with van der Waals surface area (Å²) in [7, 11) is 1.50. The fraction of sp³-hybridized carbons (Fsp3) is 0.621. The van der Waals surface area contributed by atoms with Crippen molar-refractivity contribution in [3.8, 4) is 0 Å². The average molecular weight is 596 g/mol. The highest BCUT2D eigenvalue weighted by Gasteiger charge is 2.40. The van der Waals surface area contributed by atoms with Gasteiger partial charge in [-0.3, -0.25) is 29.2 Å². The van der Waals surface area contributed by atoms with Crippen molar-refractivity contribution in [2.45, 2.75) is 90.3 Å². The zero-order valence-electron chi connectivity index (χ0n) is 24.8. The van der Waals surface area contributed by atoms with Crippen molar-refractivity contribution in [2.24, 2.45) is 5.92 Å². The smallest absolute Gasteiger partial charge is 0.265 e. The van der Waals surface area contributed by atoms with Gasteiger partial charge in [0.25, 0.3) is 11.8 Å². The lowest BCUT2D eigenvalue weighted by Crippen LogP contribution is -2.58. The first-order chi connectivity index (χ1) is 19.9. The van der Waals surface area contributed by atoms with Crippen LogP contribution in [-0.4, -0.2) is 82.8 Å². The van der Waals surface area contributed by atoms with Crippen molar-refractivity contribution in [2.75, 3.05) is 20.1 Å². The largest absolute Gasteiger partial charge is 0.352 e. The van der Waals surface area contributed by atoms with Crippen LogP contribution in [0.4, 0.5) is 8.78 Å². The van der Waals surface area contributed by atoms with Gasteiger partial charge in [0.15, 0.2) is 0 Å². The van der Waals surface area contributed by atoms with E-state index in [1.54, 1.807) is 11.8 Å². The SMILES string of the molecule is CCCCCC(=O)N1CCCC1C(=O)N(C)[C@H](C(=O)N[C@@H](CCNC(=O)c1cc(F)cc(F)c1)C(=O)NO)C(C)CC. The Balaban J connectivity index is 2.11. The molecule has 0 aromatic heterocycles. The molecule has 1 aliphatic heterocycles. The molecule has 234 valence electrons. The van der Waals surface area contributed by atoms with E-state index in [0.29, 0.717) is 38.3 Å². The minimum atomic E-state index is -1.30. The van der Waals surface area contributed by atoms with Crippen molar-refractivity contribution < 1.29 is 38.0 Å². The summed E-state index contributed by atoms with van der Waals surface area (Å²) >= 11 is 0. The predicted octanol–water partition coefficient (Wildman–Crippen LogP) is 2.52. The summed E-state index contributed by atoms with van der Waals surface area (Å²) in [5, 5.41) is 14.2. The average Bonchev–Trinajstić information content (AvgIpc) is 3.45. The van der Waals surface area contributed by atoms with Crippen LogP contribution in [0.15, 0.2) is 18.2 Å². The van der Waals surface area contributed by atoms with Gasteiger partial charge in [0.1, 0.15) is 29.8 Å². The quantitative estimate of drug-likeness (QED) is 0.139.